The van der Waals surface area contributed by atoms with E-state index in [9.17, 15) is 36.7 Å². The highest BCUT2D eigenvalue weighted by atomic mass is 32.2. The second kappa shape index (κ2) is 13.2. The quantitative estimate of drug-likeness (QED) is 0.120. The molecular formula is C34H48F6O3S. The van der Waals surface area contributed by atoms with Crippen molar-refractivity contribution in [3.63, 3.8) is 0 Å². The van der Waals surface area contributed by atoms with Crippen LogP contribution in [0, 0.1) is 28.6 Å². The summed E-state index contributed by atoms with van der Waals surface area (Å²) in [6.45, 7) is 2.36. The smallest absolute Gasteiger partial charge is 0.453 e. The summed E-state index contributed by atoms with van der Waals surface area (Å²) in [4.78, 5) is 0. The molecule has 1 spiro atoms. The zero-order valence-corrected chi connectivity index (χ0v) is 26.5. The van der Waals surface area contributed by atoms with E-state index in [1.807, 2.05) is 6.07 Å². The van der Waals surface area contributed by atoms with Crippen LogP contribution in [0.5, 0.6) is 5.75 Å². The molecule has 44 heavy (non-hydrogen) atoms. The minimum Gasteiger partial charge on any atom is -0.616 e. The molecule has 5 rings (SSSR count). The Morgan fingerprint density at radius 3 is 2.20 bits per heavy atom. The van der Waals surface area contributed by atoms with Crippen molar-refractivity contribution in [2.24, 2.45) is 28.6 Å². The van der Waals surface area contributed by atoms with Gasteiger partial charge in [-0.2, -0.15) is 22.0 Å². The number of rotatable bonds is 14. The van der Waals surface area contributed by atoms with E-state index in [-0.39, 0.29) is 46.2 Å². The van der Waals surface area contributed by atoms with Gasteiger partial charge in [-0.25, -0.2) is 4.39 Å². The molecule has 1 aromatic rings. The number of hydrogen-bond donors (Lipinski definition) is 2. The number of phenols is 1. The third-order valence-corrected chi connectivity index (χ3v) is 13.6. The average Bonchev–Trinajstić information content (AvgIpc) is 3.74. The van der Waals surface area contributed by atoms with Crippen LogP contribution in [0.3, 0.4) is 0 Å². The Kier molecular flexibility index (Phi) is 10.2. The fourth-order valence-electron chi connectivity index (χ4n) is 9.55. The number of fused-ring (bicyclic) bond motifs is 6. The molecule has 3 nitrogen and oxygen atoms in total. The van der Waals surface area contributed by atoms with Gasteiger partial charge in [-0.1, -0.05) is 56.3 Å². The van der Waals surface area contributed by atoms with E-state index in [0.717, 1.165) is 82.6 Å². The first-order valence-corrected chi connectivity index (χ1v) is 18.2. The van der Waals surface area contributed by atoms with Gasteiger partial charge in [0.05, 0.1) is 6.10 Å². The molecule has 0 heterocycles. The molecule has 4 unspecified atom stereocenters. The van der Waals surface area contributed by atoms with Crippen molar-refractivity contribution >= 4 is 11.2 Å². The van der Waals surface area contributed by atoms with Crippen molar-refractivity contribution in [3.8, 4) is 5.75 Å². The van der Waals surface area contributed by atoms with E-state index in [4.69, 9.17) is 0 Å². The van der Waals surface area contributed by atoms with Crippen molar-refractivity contribution in [3.05, 3.63) is 29.3 Å². The highest BCUT2D eigenvalue weighted by Gasteiger charge is 2.71. The molecular weight excluding hydrogens is 602 g/mol. The molecule has 0 radical (unpaired) electrons. The van der Waals surface area contributed by atoms with E-state index in [1.54, 1.807) is 12.1 Å². The van der Waals surface area contributed by atoms with Crippen LogP contribution in [0.25, 0.3) is 0 Å². The molecule has 0 bridgehead atoms. The number of aromatic hydroxyl groups is 1. The van der Waals surface area contributed by atoms with Gasteiger partial charge in [-0.15, -0.1) is 0 Å². The number of aliphatic hydroxyl groups excluding tert-OH is 1. The zero-order chi connectivity index (χ0) is 31.9. The predicted molar refractivity (Wildman–Crippen MR) is 160 cm³/mol. The van der Waals surface area contributed by atoms with Gasteiger partial charge in [0.15, 0.2) is 0 Å². The van der Waals surface area contributed by atoms with E-state index < -0.39 is 42.3 Å². The van der Waals surface area contributed by atoms with Crippen LogP contribution in [0.2, 0.25) is 0 Å². The van der Waals surface area contributed by atoms with Crippen molar-refractivity contribution in [2.75, 3.05) is 11.5 Å². The molecule has 250 valence electrons. The summed E-state index contributed by atoms with van der Waals surface area (Å²) in [7, 11) is 0. The molecule has 0 aromatic heterocycles. The lowest BCUT2D eigenvalue weighted by molar-refractivity contribution is -0.284. The van der Waals surface area contributed by atoms with Gasteiger partial charge in [0.25, 0.3) is 0 Å². The molecule has 3 fully saturated rings. The van der Waals surface area contributed by atoms with Crippen LogP contribution < -0.4 is 0 Å². The summed E-state index contributed by atoms with van der Waals surface area (Å²) in [5.41, 5.74) is 1.76. The van der Waals surface area contributed by atoms with Gasteiger partial charge >= 0.3 is 12.1 Å². The fourth-order valence-corrected chi connectivity index (χ4v) is 10.7. The summed E-state index contributed by atoms with van der Waals surface area (Å²) >= 11 is -1.39. The first-order chi connectivity index (χ1) is 20.7. The molecule has 8 atom stereocenters. The summed E-state index contributed by atoms with van der Waals surface area (Å²) in [5, 5.41) is 21.3. The van der Waals surface area contributed by atoms with Gasteiger partial charge in [-0.05, 0) is 110 Å². The third kappa shape index (κ3) is 6.51. The largest absolute Gasteiger partial charge is 0.616 e. The minimum absolute atomic E-state index is 0.0165. The fraction of sp³-hybridized carbons (Fsp3) is 0.824. The summed E-state index contributed by atoms with van der Waals surface area (Å²) in [6.07, 6.45) is 3.26. The highest BCUT2D eigenvalue weighted by molar-refractivity contribution is 7.91. The van der Waals surface area contributed by atoms with Crippen LogP contribution in [-0.2, 0) is 11.2 Å². The van der Waals surface area contributed by atoms with E-state index in [1.165, 1.54) is 0 Å². The minimum atomic E-state index is -5.56. The maximum Gasteiger partial charge on any atom is 0.453 e. The van der Waals surface area contributed by atoms with Gasteiger partial charge in [0.1, 0.15) is 23.4 Å². The Bertz CT molecular complexity index is 1130. The van der Waals surface area contributed by atoms with Crippen LogP contribution in [-0.4, -0.2) is 44.5 Å². The number of benzene rings is 1. The van der Waals surface area contributed by atoms with Crippen molar-refractivity contribution in [1.29, 1.82) is 0 Å². The van der Waals surface area contributed by atoms with Crippen molar-refractivity contribution in [1.82, 2.24) is 0 Å². The van der Waals surface area contributed by atoms with Crippen LogP contribution >= 0.6 is 0 Å². The van der Waals surface area contributed by atoms with Crippen LogP contribution in [0.15, 0.2) is 18.2 Å². The molecule has 1 aromatic carbocycles. The van der Waals surface area contributed by atoms with Crippen LogP contribution in [0.4, 0.5) is 26.3 Å². The Morgan fingerprint density at radius 1 is 0.909 bits per heavy atom. The monoisotopic (exact) mass is 650 g/mol. The van der Waals surface area contributed by atoms with Crippen molar-refractivity contribution < 1.29 is 41.1 Å². The number of unbranched alkanes of at least 4 members (excludes halogenated alkanes) is 6. The second-order valence-corrected chi connectivity index (χ2v) is 16.1. The molecule has 0 amide bonds. The number of aliphatic hydroxyl groups is 1. The number of phenolic OH excluding ortho intramolecular Hbond substituents is 1. The summed E-state index contributed by atoms with van der Waals surface area (Å²) in [6, 6.07) is 5.22. The number of alkyl halides is 6. The predicted octanol–water partition coefficient (Wildman–Crippen LogP) is 9.54. The second-order valence-electron chi connectivity index (χ2n) is 14.5. The van der Waals surface area contributed by atoms with Gasteiger partial charge in [-0.3, -0.25) is 0 Å². The van der Waals surface area contributed by atoms with E-state index in [2.05, 4.69) is 6.92 Å². The molecule has 4 aliphatic rings. The maximum atomic E-state index is 16.4. The van der Waals surface area contributed by atoms with Crippen LogP contribution in [0.1, 0.15) is 126 Å². The maximum absolute atomic E-state index is 16.4. The molecule has 0 saturated heterocycles. The third-order valence-electron chi connectivity index (χ3n) is 12.1. The summed E-state index contributed by atoms with van der Waals surface area (Å²) in [5.74, 6) is -3.85. The first-order valence-electron chi connectivity index (χ1n) is 16.7. The van der Waals surface area contributed by atoms with Gasteiger partial charge in [0, 0.05) is 11.8 Å². The molecule has 2 N–H and O–H groups in total. The van der Waals surface area contributed by atoms with Gasteiger partial charge in [0.2, 0.25) is 0 Å². The topological polar surface area (TPSA) is 63.5 Å². The Morgan fingerprint density at radius 2 is 1.55 bits per heavy atom. The average molecular weight is 651 g/mol. The van der Waals surface area contributed by atoms with E-state index in [0.29, 0.717) is 23.7 Å². The Labute approximate surface area is 260 Å². The number of hydrogen-bond acceptors (Lipinski definition) is 3. The highest BCUT2D eigenvalue weighted by Crippen LogP contribution is 2.77. The normalized spacial score (nSPS) is 33.1. The summed E-state index contributed by atoms with van der Waals surface area (Å²) < 4.78 is 91.1. The zero-order valence-electron chi connectivity index (χ0n) is 25.7. The lowest BCUT2D eigenvalue weighted by atomic mass is 9.50. The molecule has 10 heteroatoms. The van der Waals surface area contributed by atoms with E-state index >= 15 is 4.39 Å². The number of halogens is 6. The molecule has 4 aliphatic carbocycles. The standard InChI is InChI=1S/C34H48F6O3S/c1-31-15-13-24-23-12-11-22(41)20-26(23)30(35)25(29(24)27(31)21-28(42)32(31)16-17-32)10-7-5-3-2-4-6-8-18-44(43)19-9-14-33(36,37)34(38,39)40/h11-12,20,24-25,27-30,41-42H,2-10,13-19,21H2,1H3/t24?,25-,27?,28+,29?,30+,31-,44?/m0/s1. The molecule has 3 saturated carbocycles. The van der Waals surface area contributed by atoms with Gasteiger partial charge < -0.3 is 14.8 Å². The SMILES string of the molecule is C[C@]12CCC3c4ccc(O)cc4[C@H](F)[C@@H](CCCCCCCCC[S+]([O-])CCCC(F)(F)C(F)(F)F)C3C1C[C@@H](O)C21CC1. The lowest BCUT2D eigenvalue weighted by Gasteiger charge is -2.54. The Hall–Kier alpha value is -1.13. The lowest BCUT2D eigenvalue weighted by Crippen LogP contribution is -2.47. The first kappa shape index (κ1) is 34.2. The van der Waals surface area contributed by atoms with Crippen molar-refractivity contribution in [2.45, 2.75) is 134 Å². The molecule has 0 aliphatic heterocycles. The Balaban J connectivity index is 1.06.